The fourth-order valence-electron chi connectivity index (χ4n) is 1.51. The molecule has 0 saturated carbocycles. The number of nitrogens with zero attached hydrogens (tertiary/aromatic N) is 1. The number of pyridine rings is 1. The van der Waals surface area contributed by atoms with Gasteiger partial charge in [-0.1, -0.05) is 23.2 Å². The van der Waals surface area contributed by atoms with E-state index < -0.39 is 0 Å². The van der Waals surface area contributed by atoms with Crippen molar-refractivity contribution in [3.8, 4) is 0 Å². The van der Waals surface area contributed by atoms with E-state index in [1.165, 1.54) is 0 Å². The van der Waals surface area contributed by atoms with E-state index in [0.29, 0.717) is 21.3 Å². The Balaban J connectivity index is 2.22. The highest BCUT2D eigenvalue weighted by Crippen LogP contribution is 2.20. The summed E-state index contributed by atoms with van der Waals surface area (Å²) in [5.74, 6) is -0.271. The molecule has 0 atom stereocenters. The maximum absolute atomic E-state index is 12.0. The number of aryl methyl sites for hydroxylation is 1. The molecular formula is C13H10Cl2N2O. The van der Waals surface area contributed by atoms with E-state index in [4.69, 9.17) is 23.2 Å². The van der Waals surface area contributed by atoms with Gasteiger partial charge < -0.3 is 5.32 Å². The summed E-state index contributed by atoms with van der Waals surface area (Å²) in [6, 6.07) is 6.53. The fourth-order valence-corrected chi connectivity index (χ4v) is 2.04. The van der Waals surface area contributed by atoms with Gasteiger partial charge in [0.2, 0.25) is 0 Å². The van der Waals surface area contributed by atoms with Gasteiger partial charge in [0.25, 0.3) is 5.91 Å². The molecule has 0 radical (unpaired) electrons. The number of halogens is 2. The van der Waals surface area contributed by atoms with Crippen LogP contribution < -0.4 is 5.32 Å². The molecule has 0 aliphatic heterocycles. The first kappa shape index (κ1) is 12.9. The quantitative estimate of drug-likeness (QED) is 0.905. The predicted molar refractivity (Wildman–Crippen MR) is 73.4 cm³/mol. The van der Waals surface area contributed by atoms with E-state index in [9.17, 15) is 4.79 Å². The summed E-state index contributed by atoms with van der Waals surface area (Å²) >= 11 is 11.7. The summed E-state index contributed by atoms with van der Waals surface area (Å²) in [6.45, 7) is 1.90. The minimum Gasteiger partial charge on any atom is -0.321 e. The minimum absolute atomic E-state index is 0.271. The zero-order chi connectivity index (χ0) is 13.1. The van der Waals surface area contributed by atoms with Crippen LogP contribution in [0, 0.1) is 6.92 Å². The second-order valence-corrected chi connectivity index (χ2v) is 4.74. The average molecular weight is 281 g/mol. The van der Waals surface area contributed by atoms with Crippen molar-refractivity contribution >= 4 is 34.8 Å². The molecule has 0 bridgehead atoms. The summed E-state index contributed by atoms with van der Waals surface area (Å²) < 4.78 is 0. The topological polar surface area (TPSA) is 42.0 Å². The average Bonchev–Trinajstić information content (AvgIpc) is 2.27. The molecule has 0 fully saturated rings. The SMILES string of the molecule is Cc1cncc(NC(=O)c2cc(Cl)cc(Cl)c2)c1. The van der Waals surface area contributed by atoms with E-state index in [0.717, 1.165) is 5.56 Å². The summed E-state index contributed by atoms with van der Waals surface area (Å²) in [7, 11) is 0. The van der Waals surface area contributed by atoms with E-state index in [-0.39, 0.29) is 5.91 Å². The Morgan fingerprint density at radius 1 is 1.11 bits per heavy atom. The third-order valence-electron chi connectivity index (χ3n) is 2.26. The normalized spacial score (nSPS) is 10.2. The molecule has 18 heavy (non-hydrogen) atoms. The van der Waals surface area contributed by atoms with Crippen LogP contribution in [-0.2, 0) is 0 Å². The van der Waals surface area contributed by atoms with Crippen molar-refractivity contribution in [2.45, 2.75) is 6.92 Å². The number of carbonyl (C=O) groups is 1. The Morgan fingerprint density at radius 2 is 1.78 bits per heavy atom. The van der Waals surface area contributed by atoms with E-state index >= 15 is 0 Å². The molecule has 0 saturated heterocycles. The summed E-state index contributed by atoms with van der Waals surface area (Å²) in [6.07, 6.45) is 3.29. The Kier molecular flexibility index (Phi) is 3.84. The lowest BCUT2D eigenvalue weighted by atomic mass is 10.2. The molecule has 2 rings (SSSR count). The van der Waals surface area contributed by atoms with Gasteiger partial charge in [-0.05, 0) is 36.8 Å². The number of hydrogen-bond acceptors (Lipinski definition) is 2. The second kappa shape index (κ2) is 5.38. The summed E-state index contributed by atoms with van der Waals surface area (Å²) in [4.78, 5) is 16.0. The van der Waals surface area contributed by atoms with Crippen LogP contribution in [0.4, 0.5) is 5.69 Å². The molecule has 0 spiro atoms. The van der Waals surface area contributed by atoms with Crippen molar-refractivity contribution < 1.29 is 4.79 Å². The van der Waals surface area contributed by atoms with Gasteiger partial charge in [0.1, 0.15) is 0 Å². The van der Waals surface area contributed by atoms with Gasteiger partial charge in [-0.25, -0.2) is 0 Å². The van der Waals surface area contributed by atoms with Crippen molar-refractivity contribution in [2.75, 3.05) is 5.32 Å². The van der Waals surface area contributed by atoms with Gasteiger partial charge in [-0.2, -0.15) is 0 Å². The molecule has 0 aliphatic carbocycles. The van der Waals surface area contributed by atoms with Crippen molar-refractivity contribution in [2.24, 2.45) is 0 Å². The molecule has 1 aromatic heterocycles. The highest BCUT2D eigenvalue weighted by Gasteiger charge is 2.08. The molecule has 3 nitrogen and oxygen atoms in total. The number of aromatic nitrogens is 1. The first-order valence-electron chi connectivity index (χ1n) is 5.24. The minimum atomic E-state index is -0.271. The number of anilines is 1. The number of rotatable bonds is 2. The molecule has 5 heteroatoms. The van der Waals surface area contributed by atoms with Crippen LogP contribution in [0.15, 0.2) is 36.7 Å². The molecule has 1 N–H and O–H groups in total. The third kappa shape index (κ3) is 3.22. The fraction of sp³-hybridized carbons (Fsp3) is 0.0769. The molecule has 0 unspecified atom stereocenters. The van der Waals surface area contributed by atoms with Crippen molar-refractivity contribution in [1.29, 1.82) is 0 Å². The number of carbonyl (C=O) groups excluding carboxylic acids is 1. The highest BCUT2D eigenvalue weighted by molar-refractivity contribution is 6.35. The number of benzene rings is 1. The molecule has 2 aromatic rings. The van der Waals surface area contributed by atoms with Gasteiger partial charge in [0, 0.05) is 21.8 Å². The van der Waals surface area contributed by atoms with Gasteiger partial charge in [-0.3, -0.25) is 9.78 Å². The lowest BCUT2D eigenvalue weighted by Gasteiger charge is -2.06. The Morgan fingerprint density at radius 3 is 2.39 bits per heavy atom. The first-order chi connectivity index (χ1) is 8.54. The predicted octanol–water partition coefficient (Wildman–Crippen LogP) is 3.95. The van der Waals surface area contributed by atoms with Gasteiger partial charge in [0.15, 0.2) is 0 Å². The van der Waals surface area contributed by atoms with Crippen LogP contribution >= 0.6 is 23.2 Å². The number of amides is 1. The molecule has 1 amide bonds. The monoisotopic (exact) mass is 280 g/mol. The summed E-state index contributed by atoms with van der Waals surface area (Å²) in [5, 5.41) is 3.59. The van der Waals surface area contributed by atoms with E-state index in [2.05, 4.69) is 10.3 Å². The van der Waals surface area contributed by atoms with Crippen LogP contribution in [-0.4, -0.2) is 10.9 Å². The zero-order valence-corrected chi connectivity index (χ0v) is 11.1. The largest absolute Gasteiger partial charge is 0.321 e. The molecule has 1 aromatic carbocycles. The maximum Gasteiger partial charge on any atom is 0.255 e. The molecule has 1 heterocycles. The molecule has 92 valence electrons. The van der Waals surface area contributed by atoms with E-state index in [1.807, 2.05) is 13.0 Å². The van der Waals surface area contributed by atoms with Crippen LogP contribution in [0.2, 0.25) is 10.0 Å². The van der Waals surface area contributed by atoms with Crippen LogP contribution in [0.25, 0.3) is 0 Å². The number of hydrogen-bond donors (Lipinski definition) is 1. The maximum atomic E-state index is 12.0. The lowest BCUT2D eigenvalue weighted by molar-refractivity contribution is 0.102. The molecule has 0 aliphatic rings. The second-order valence-electron chi connectivity index (χ2n) is 3.86. The lowest BCUT2D eigenvalue weighted by Crippen LogP contribution is -2.12. The Bertz CT molecular complexity index is 579. The molecular weight excluding hydrogens is 271 g/mol. The van der Waals surface area contributed by atoms with Crippen LogP contribution in [0.5, 0.6) is 0 Å². The number of nitrogens with one attached hydrogen (secondary N) is 1. The van der Waals surface area contributed by atoms with Gasteiger partial charge >= 0.3 is 0 Å². The Labute approximate surface area is 115 Å². The van der Waals surface area contributed by atoms with Crippen molar-refractivity contribution in [3.05, 3.63) is 57.8 Å². The third-order valence-corrected chi connectivity index (χ3v) is 2.69. The van der Waals surface area contributed by atoms with Gasteiger partial charge in [-0.15, -0.1) is 0 Å². The smallest absolute Gasteiger partial charge is 0.255 e. The van der Waals surface area contributed by atoms with Crippen LogP contribution in [0.3, 0.4) is 0 Å². The Hall–Kier alpha value is -1.58. The van der Waals surface area contributed by atoms with Crippen LogP contribution in [0.1, 0.15) is 15.9 Å². The van der Waals surface area contributed by atoms with Crippen molar-refractivity contribution in [1.82, 2.24) is 4.98 Å². The van der Waals surface area contributed by atoms with Crippen molar-refractivity contribution in [3.63, 3.8) is 0 Å². The van der Waals surface area contributed by atoms with Gasteiger partial charge in [0.05, 0.1) is 11.9 Å². The summed E-state index contributed by atoms with van der Waals surface area (Å²) in [5.41, 5.74) is 2.02. The van der Waals surface area contributed by atoms with E-state index in [1.54, 1.807) is 30.6 Å². The zero-order valence-electron chi connectivity index (χ0n) is 9.58. The highest BCUT2D eigenvalue weighted by atomic mass is 35.5. The standard InChI is InChI=1S/C13H10Cl2N2O/c1-8-2-12(7-16-6-8)17-13(18)9-3-10(14)5-11(15)4-9/h2-7H,1H3,(H,17,18). The first-order valence-corrected chi connectivity index (χ1v) is 5.99.